The number of piperidine rings is 1. The molecule has 0 aromatic rings. The molecule has 0 saturated carbocycles. The lowest BCUT2D eigenvalue weighted by Crippen LogP contribution is -2.50. The Morgan fingerprint density at radius 3 is 2.71 bits per heavy atom. The highest BCUT2D eigenvalue weighted by molar-refractivity contribution is 5.68. The summed E-state index contributed by atoms with van der Waals surface area (Å²) in [5, 5.41) is 9.83. The number of carbonyl (C=O) groups is 1. The lowest BCUT2D eigenvalue weighted by atomic mass is 9.98. The minimum Gasteiger partial charge on any atom is -0.444 e. The molecule has 1 N–H and O–H groups in total. The molecule has 1 rings (SSSR count). The van der Waals surface area contributed by atoms with Gasteiger partial charge in [-0.15, -0.1) is 6.58 Å². The molecule has 2 atom stereocenters. The molecule has 1 heterocycles. The third kappa shape index (κ3) is 4.04. The van der Waals surface area contributed by atoms with Crippen LogP contribution in [0.1, 0.15) is 40.0 Å². The summed E-state index contributed by atoms with van der Waals surface area (Å²) in [4.78, 5) is 13.6. The zero-order valence-corrected chi connectivity index (χ0v) is 11.0. The van der Waals surface area contributed by atoms with E-state index < -0.39 is 11.7 Å². The van der Waals surface area contributed by atoms with Crippen molar-refractivity contribution in [2.75, 3.05) is 6.54 Å². The smallest absolute Gasteiger partial charge is 0.410 e. The molecular weight excluding hydrogens is 218 g/mol. The topological polar surface area (TPSA) is 49.8 Å². The Balaban J connectivity index is 2.70. The van der Waals surface area contributed by atoms with E-state index >= 15 is 0 Å². The summed E-state index contributed by atoms with van der Waals surface area (Å²) in [5.41, 5.74) is -0.502. The van der Waals surface area contributed by atoms with Gasteiger partial charge in [0.2, 0.25) is 0 Å². The van der Waals surface area contributed by atoms with E-state index in [2.05, 4.69) is 6.58 Å². The van der Waals surface area contributed by atoms with Crippen LogP contribution in [0.25, 0.3) is 0 Å². The molecule has 1 fully saturated rings. The highest BCUT2D eigenvalue weighted by Crippen LogP contribution is 2.22. The van der Waals surface area contributed by atoms with Crippen molar-refractivity contribution in [2.24, 2.45) is 0 Å². The summed E-state index contributed by atoms with van der Waals surface area (Å²) >= 11 is 0. The number of likely N-dealkylation sites (tertiary alicyclic amines) is 1. The van der Waals surface area contributed by atoms with Gasteiger partial charge in [0.15, 0.2) is 0 Å². The third-order valence-corrected chi connectivity index (χ3v) is 2.81. The molecule has 0 spiro atoms. The van der Waals surface area contributed by atoms with Crippen LogP contribution in [0.5, 0.6) is 0 Å². The lowest BCUT2D eigenvalue weighted by molar-refractivity contribution is -0.00761. The number of aliphatic hydroxyl groups is 1. The van der Waals surface area contributed by atoms with Crippen LogP contribution in [-0.2, 0) is 4.74 Å². The van der Waals surface area contributed by atoms with Gasteiger partial charge in [0.25, 0.3) is 0 Å². The third-order valence-electron chi connectivity index (χ3n) is 2.81. The largest absolute Gasteiger partial charge is 0.444 e. The molecule has 17 heavy (non-hydrogen) atoms. The maximum Gasteiger partial charge on any atom is 0.410 e. The van der Waals surface area contributed by atoms with E-state index in [1.54, 1.807) is 4.90 Å². The average Bonchev–Trinajstić information content (AvgIpc) is 2.25. The molecule has 0 aromatic heterocycles. The molecular formula is C13H23NO3. The van der Waals surface area contributed by atoms with E-state index in [-0.39, 0.29) is 12.1 Å². The van der Waals surface area contributed by atoms with Crippen LogP contribution >= 0.6 is 0 Å². The van der Waals surface area contributed by atoms with Gasteiger partial charge in [-0.3, -0.25) is 0 Å². The predicted molar refractivity (Wildman–Crippen MR) is 66.8 cm³/mol. The van der Waals surface area contributed by atoms with E-state index in [1.165, 1.54) is 6.08 Å². The van der Waals surface area contributed by atoms with E-state index in [0.717, 1.165) is 19.3 Å². The Morgan fingerprint density at radius 2 is 2.18 bits per heavy atom. The van der Waals surface area contributed by atoms with Crippen LogP contribution in [-0.4, -0.2) is 40.4 Å². The SMILES string of the molecule is C=CC(O)C1CCCCN1C(=O)OC(C)(C)C. The molecule has 1 amide bonds. The number of carbonyl (C=O) groups excluding carboxylic acids is 1. The van der Waals surface area contributed by atoms with Crippen LogP contribution in [0.3, 0.4) is 0 Å². The molecule has 1 aliphatic heterocycles. The summed E-state index contributed by atoms with van der Waals surface area (Å²) in [6.07, 6.45) is 3.24. The van der Waals surface area contributed by atoms with Gasteiger partial charge in [0.1, 0.15) is 5.60 Å². The van der Waals surface area contributed by atoms with Crippen molar-refractivity contribution >= 4 is 6.09 Å². The number of rotatable bonds is 2. The summed E-state index contributed by atoms with van der Waals surface area (Å²) in [7, 11) is 0. The normalized spacial score (nSPS) is 23.1. The highest BCUT2D eigenvalue weighted by atomic mass is 16.6. The van der Waals surface area contributed by atoms with Gasteiger partial charge in [0.05, 0.1) is 12.1 Å². The Morgan fingerprint density at radius 1 is 1.53 bits per heavy atom. The van der Waals surface area contributed by atoms with Crippen LogP contribution in [0.15, 0.2) is 12.7 Å². The number of ether oxygens (including phenoxy) is 1. The van der Waals surface area contributed by atoms with Crippen LogP contribution in [0.4, 0.5) is 4.79 Å². The molecule has 0 bridgehead atoms. The first-order chi connectivity index (χ1) is 7.85. The summed E-state index contributed by atoms with van der Waals surface area (Å²) in [6, 6.07) is -0.198. The number of nitrogens with zero attached hydrogens (tertiary/aromatic N) is 1. The van der Waals surface area contributed by atoms with Crippen LogP contribution < -0.4 is 0 Å². The zero-order chi connectivity index (χ0) is 13.1. The fourth-order valence-corrected chi connectivity index (χ4v) is 2.02. The zero-order valence-electron chi connectivity index (χ0n) is 11.0. The standard InChI is InChI=1S/C13H23NO3/c1-5-11(15)10-8-6-7-9-14(10)12(16)17-13(2,3)4/h5,10-11,15H,1,6-9H2,2-4H3. The second-order valence-electron chi connectivity index (χ2n) is 5.46. The second kappa shape index (κ2) is 5.54. The maximum atomic E-state index is 12.0. The Labute approximate surface area is 103 Å². The molecule has 1 aliphatic rings. The van der Waals surface area contributed by atoms with Crippen LogP contribution in [0.2, 0.25) is 0 Å². The molecule has 1 saturated heterocycles. The summed E-state index contributed by atoms with van der Waals surface area (Å²) in [6.45, 7) is 9.74. The van der Waals surface area contributed by atoms with Crippen molar-refractivity contribution in [1.29, 1.82) is 0 Å². The molecule has 0 aromatic carbocycles. The predicted octanol–water partition coefficient (Wildman–Crippen LogP) is 2.32. The number of hydrogen-bond acceptors (Lipinski definition) is 3. The van der Waals surface area contributed by atoms with Crippen molar-refractivity contribution < 1.29 is 14.6 Å². The average molecular weight is 241 g/mol. The van der Waals surface area contributed by atoms with Gasteiger partial charge in [-0.05, 0) is 40.0 Å². The molecule has 2 unspecified atom stereocenters. The second-order valence-corrected chi connectivity index (χ2v) is 5.46. The quantitative estimate of drug-likeness (QED) is 0.755. The first kappa shape index (κ1) is 14.0. The minimum absolute atomic E-state index is 0.198. The van der Waals surface area contributed by atoms with Crippen molar-refractivity contribution in [3.63, 3.8) is 0 Å². The van der Waals surface area contributed by atoms with E-state index in [9.17, 15) is 9.90 Å². The van der Waals surface area contributed by atoms with Gasteiger partial charge < -0.3 is 14.7 Å². The van der Waals surface area contributed by atoms with Crippen molar-refractivity contribution in [1.82, 2.24) is 4.90 Å². The van der Waals surface area contributed by atoms with Gasteiger partial charge >= 0.3 is 6.09 Å². The van der Waals surface area contributed by atoms with Gasteiger partial charge in [-0.25, -0.2) is 4.79 Å². The Bertz CT molecular complexity index is 283. The Kier molecular flexibility index (Phi) is 4.57. The molecule has 98 valence electrons. The number of aliphatic hydroxyl groups excluding tert-OH is 1. The number of amides is 1. The summed E-state index contributed by atoms with van der Waals surface area (Å²) < 4.78 is 5.34. The van der Waals surface area contributed by atoms with E-state index in [0.29, 0.717) is 6.54 Å². The monoisotopic (exact) mass is 241 g/mol. The van der Waals surface area contributed by atoms with Gasteiger partial charge in [-0.2, -0.15) is 0 Å². The van der Waals surface area contributed by atoms with Gasteiger partial charge in [-0.1, -0.05) is 6.08 Å². The first-order valence-electron chi connectivity index (χ1n) is 6.15. The fraction of sp³-hybridized carbons (Fsp3) is 0.769. The van der Waals surface area contributed by atoms with Gasteiger partial charge in [0, 0.05) is 6.54 Å². The van der Waals surface area contributed by atoms with Crippen molar-refractivity contribution in [3.05, 3.63) is 12.7 Å². The van der Waals surface area contributed by atoms with Crippen molar-refractivity contribution in [3.8, 4) is 0 Å². The first-order valence-corrected chi connectivity index (χ1v) is 6.15. The number of hydrogen-bond donors (Lipinski definition) is 1. The highest BCUT2D eigenvalue weighted by Gasteiger charge is 2.33. The van der Waals surface area contributed by atoms with E-state index in [1.807, 2.05) is 20.8 Å². The van der Waals surface area contributed by atoms with Crippen molar-refractivity contribution in [2.45, 2.75) is 57.8 Å². The maximum absolute atomic E-state index is 12.0. The molecule has 0 radical (unpaired) electrons. The summed E-state index contributed by atoms with van der Waals surface area (Å²) in [5.74, 6) is 0. The van der Waals surface area contributed by atoms with E-state index in [4.69, 9.17) is 4.74 Å². The molecule has 4 heteroatoms. The lowest BCUT2D eigenvalue weighted by Gasteiger charge is -2.38. The molecule has 4 nitrogen and oxygen atoms in total. The fourth-order valence-electron chi connectivity index (χ4n) is 2.02. The molecule has 0 aliphatic carbocycles. The Hall–Kier alpha value is -1.03. The van der Waals surface area contributed by atoms with Crippen LogP contribution in [0, 0.1) is 0 Å². The minimum atomic E-state index is -0.678.